The average molecular weight is 330 g/mol. The standard InChI is InChI=1S/C21H30O3/c1-12(22)21-18(24-21)11-17-15-5-4-13-10-14(23)6-8-19(13,2)16(15)7-9-20(17,21)3/h4,14-18,23H,5-11H2,1-3H3/t14-,15+,16-,17-,18+,19-,20-,21+/m0/s1. The number of ether oxygens (including phenoxy) is 1. The maximum absolute atomic E-state index is 12.4. The van der Waals surface area contributed by atoms with Gasteiger partial charge in [-0.1, -0.05) is 25.5 Å². The van der Waals surface area contributed by atoms with Crippen LogP contribution in [-0.4, -0.2) is 28.7 Å². The van der Waals surface area contributed by atoms with E-state index in [2.05, 4.69) is 19.9 Å². The lowest BCUT2D eigenvalue weighted by Gasteiger charge is -2.58. The fraction of sp³-hybridized carbons (Fsp3) is 0.857. The zero-order valence-electron chi connectivity index (χ0n) is 15.2. The van der Waals surface area contributed by atoms with E-state index >= 15 is 0 Å². The van der Waals surface area contributed by atoms with Gasteiger partial charge in [-0.3, -0.25) is 4.79 Å². The fourth-order valence-corrected chi connectivity index (χ4v) is 7.71. The van der Waals surface area contributed by atoms with Crippen LogP contribution in [0.5, 0.6) is 0 Å². The molecule has 0 aromatic heterocycles. The highest BCUT2D eigenvalue weighted by atomic mass is 16.6. The number of Topliss-reactive ketones (excluding diaryl/α,β-unsaturated/α-hetero) is 1. The highest BCUT2D eigenvalue weighted by Crippen LogP contribution is 2.73. The highest BCUT2D eigenvalue weighted by Gasteiger charge is 2.79. The molecule has 0 unspecified atom stereocenters. The normalized spacial score (nSPS) is 58.0. The molecule has 0 spiro atoms. The van der Waals surface area contributed by atoms with Crippen molar-refractivity contribution in [2.24, 2.45) is 28.6 Å². The number of hydrogen-bond acceptors (Lipinski definition) is 3. The second kappa shape index (κ2) is 4.54. The Hall–Kier alpha value is -0.670. The Morgan fingerprint density at radius 1 is 1.25 bits per heavy atom. The number of allylic oxidation sites excluding steroid dienone is 1. The number of epoxide rings is 1. The van der Waals surface area contributed by atoms with Gasteiger partial charge >= 0.3 is 0 Å². The van der Waals surface area contributed by atoms with Crippen LogP contribution in [0.15, 0.2) is 11.6 Å². The van der Waals surface area contributed by atoms with Gasteiger partial charge < -0.3 is 9.84 Å². The van der Waals surface area contributed by atoms with Crippen molar-refractivity contribution in [1.29, 1.82) is 0 Å². The van der Waals surface area contributed by atoms with Crippen molar-refractivity contribution in [3.63, 3.8) is 0 Å². The SMILES string of the molecule is CC(=O)[C@@]12O[C@@H]1C[C@H]1[C@@H]3CC=C4C[C@@H](O)CC[C@]4(C)[C@H]3CC[C@@]12C. The summed E-state index contributed by atoms with van der Waals surface area (Å²) < 4.78 is 6.00. The first-order valence-electron chi connectivity index (χ1n) is 9.89. The number of rotatable bonds is 1. The van der Waals surface area contributed by atoms with Crippen LogP contribution in [-0.2, 0) is 9.53 Å². The van der Waals surface area contributed by atoms with Crippen molar-refractivity contribution < 1.29 is 14.6 Å². The molecule has 3 nitrogen and oxygen atoms in total. The number of aliphatic hydroxyl groups excluding tert-OH is 1. The number of ketones is 1. The maximum Gasteiger partial charge on any atom is 0.164 e. The molecule has 8 atom stereocenters. The minimum atomic E-state index is -0.448. The van der Waals surface area contributed by atoms with Crippen LogP contribution in [0.2, 0.25) is 0 Å². The van der Waals surface area contributed by atoms with Crippen LogP contribution in [0.3, 0.4) is 0 Å². The number of fused-ring (bicyclic) bond motifs is 7. The number of carbonyl (C=O) groups is 1. The lowest BCUT2D eigenvalue weighted by Crippen LogP contribution is -2.54. The molecule has 1 heterocycles. The van der Waals surface area contributed by atoms with E-state index < -0.39 is 5.60 Å². The van der Waals surface area contributed by atoms with Crippen LogP contribution >= 0.6 is 0 Å². The third-order valence-corrected chi connectivity index (χ3v) is 9.03. The van der Waals surface area contributed by atoms with Gasteiger partial charge in [-0.2, -0.15) is 0 Å². The quantitative estimate of drug-likeness (QED) is 0.590. The Kier molecular flexibility index (Phi) is 2.94. The van der Waals surface area contributed by atoms with Crippen molar-refractivity contribution in [1.82, 2.24) is 0 Å². The summed E-state index contributed by atoms with van der Waals surface area (Å²) >= 11 is 0. The van der Waals surface area contributed by atoms with Gasteiger partial charge in [0.05, 0.1) is 12.2 Å². The number of hydrogen-bond donors (Lipinski definition) is 1. The van der Waals surface area contributed by atoms with E-state index in [0.717, 1.165) is 44.4 Å². The van der Waals surface area contributed by atoms with Crippen molar-refractivity contribution in [3.8, 4) is 0 Å². The number of carbonyl (C=O) groups excluding carboxylic acids is 1. The van der Waals surface area contributed by atoms with E-state index in [1.807, 2.05) is 0 Å². The Morgan fingerprint density at radius 3 is 2.79 bits per heavy atom. The van der Waals surface area contributed by atoms with E-state index in [1.54, 1.807) is 6.92 Å². The predicted octanol–water partition coefficient (Wildman–Crippen LogP) is 3.65. The molecule has 0 radical (unpaired) electrons. The third-order valence-electron chi connectivity index (χ3n) is 9.03. The molecule has 0 aromatic rings. The van der Waals surface area contributed by atoms with Crippen LogP contribution in [0.4, 0.5) is 0 Å². The van der Waals surface area contributed by atoms with Crippen LogP contribution in [0, 0.1) is 28.6 Å². The summed E-state index contributed by atoms with van der Waals surface area (Å²) in [5, 5.41) is 10.1. The summed E-state index contributed by atoms with van der Waals surface area (Å²) in [6.45, 7) is 6.54. The summed E-state index contributed by atoms with van der Waals surface area (Å²) in [5.74, 6) is 2.31. The van der Waals surface area contributed by atoms with Crippen molar-refractivity contribution in [3.05, 3.63) is 11.6 Å². The second-order valence-corrected chi connectivity index (χ2v) is 9.75. The fourth-order valence-electron chi connectivity index (χ4n) is 7.71. The monoisotopic (exact) mass is 330 g/mol. The van der Waals surface area contributed by atoms with Crippen molar-refractivity contribution in [2.75, 3.05) is 0 Å². The molecule has 4 fully saturated rings. The molecule has 5 rings (SSSR count). The summed E-state index contributed by atoms with van der Waals surface area (Å²) in [5.41, 5.74) is 1.39. The minimum absolute atomic E-state index is 0.0422. The molecule has 24 heavy (non-hydrogen) atoms. The van der Waals surface area contributed by atoms with Gasteiger partial charge in [0, 0.05) is 5.41 Å². The first-order chi connectivity index (χ1) is 11.3. The minimum Gasteiger partial charge on any atom is -0.393 e. The Morgan fingerprint density at radius 2 is 2.04 bits per heavy atom. The van der Waals surface area contributed by atoms with Crippen LogP contribution in [0.25, 0.3) is 0 Å². The smallest absolute Gasteiger partial charge is 0.164 e. The van der Waals surface area contributed by atoms with Gasteiger partial charge in [0.1, 0.15) is 0 Å². The summed E-state index contributed by atoms with van der Waals surface area (Å²) in [6.07, 6.45) is 10.0. The topological polar surface area (TPSA) is 49.8 Å². The largest absolute Gasteiger partial charge is 0.393 e. The molecular weight excluding hydrogens is 300 g/mol. The Labute approximate surface area is 144 Å². The van der Waals surface area contributed by atoms with Gasteiger partial charge in [-0.15, -0.1) is 0 Å². The van der Waals surface area contributed by atoms with E-state index in [-0.39, 0.29) is 28.8 Å². The van der Waals surface area contributed by atoms with Crippen LogP contribution < -0.4 is 0 Å². The number of aliphatic hydroxyl groups is 1. The molecule has 0 amide bonds. The summed E-state index contributed by atoms with van der Waals surface area (Å²) in [4.78, 5) is 12.4. The maximum atomic E-state index is 12.4. The predicted molar refractivity (Wildman–Crippen MR) is 91.4 cm³/mol. The lowest BCUT2D eigenvalue weighted by molar-refractivity contribution is -0.135. The molecule has 4 aliphatic carbocycles. The summed E-state index contributed by atoms with van der Waals surface area (Å²) in [7, 11) is 0. The second-order valence-electron chi connectivity index (χ2n) is 9.75. The van der Waals surface area contributed by atoms with Gasteiger partial charge in [0.2, 0.25) is 0 Å². The highest BCUT2D eigenvalue weighted by molar-refractivity contribution is 5.90. The Bertz CT molecular complexity index is 639. The zero-order chi connectivity index (χ0) is 16.9. The third kappa shape index (κ3) is 1.60. The van der Waals surface area contributed by atoms with E-state index in [4.69, 9.17) is 4.74 Å². The van der Waals surface area contributed by atoms with E-state index in [1.165, 1.54) is 12.0 Å². The first-order valence-corrected chi connectivity index (χ1v) is 9.89. The molecule has 1 aliphatic heterocycles. The van der Waals surface area contributed by atoms with E-state index in [0.29, 0.717) is 11.8 Å². The Balaban J connectivity index is 1.51. The van der Waals surface area contributed by atoms with Crippen molar-refractivity contribution in [2.45, 2.75) is 83.5 Å². The zero-order valence-corrected chi connectivity index (χ0v) is 15.2. The van der Waals surface area contributed by atoms with Gasteiger partial charge in [0.25, 0.3) is 0 Å². The van der Waals surface area contributed by atoms with Crippen molar-refractivity contribution >= 4 is 5.78 Å². The first kappa shape index (κ1) is 15.6. The van der Waals surface area contributed by atoms with Crippen LogP contribution in [0.1, 0.15) is 65.7 Å². The lowest BCUT2D eigenvalue weighted by atomic mass is 9.47. The van der Waals surface area contributed by atoms with Gasteiger partial charge in [0.15, 0.2) is 11.4 Å². The molecule has 0 aromatic carbocycles. The molecule has 3 heteroatoms. The molecule has 3 saturated carbocycles. The molecule has 132 valence electrons. The van der Waals surface area contributed by atoms with Gasteiger partial charge in [-0.25, -0.2) is 0 Å². The average Bonchev–Trinajstić information content (AvgIpc) is 3.21. The molecule has 1 N–H and O–H groups in total. The molecule has 1 saturated heterocycles. The van der Waals surface area contributed by atoms with Gasteiger partial charge in [-0.05, 0) is 75.0 Å². The van der Waals surface area contributed by atoms with E-state index in [9.17, 15) is 9.90 Å². The molecule has 5 aliphatic rings. The molecular formula is C21H30O3. The molecule has 0 bridgehead atoms. The summed E-state index contributed by atoms with van der Waals surface area (Å²) in [6, 6.07) is 0.